The second-order valence-electron chi connectivity index (χ2n) is 5.28. The van der Waals surface area contributed by atoms with Crippen LogP contribution in [0.3, 0.4) is 0 Å². The minimum Gasteiger partial charge on any atom is -0.481 e. The van der Waals surface area contributed by atoms with E-state index in [0.29, 0.717) is 12.5 Å². The van der Waals surface area contributed by atoms with Crippen molar-refractivity contribution >= 4 is 12.0 Å². The van der Waals surface area contributed by atoms with Crippen LogP contribution in [0.15, 0.2) is 0 Å². The van der Waals surface area contributed by atoms with Crippen molar-refractivity contribution in [3.05, 3.63) is 0 Å². The molecule has 2 N–H and O–H groups in total. The Hall–Kier alpha value is -1.26. The Morgan fingerprint density at radius 1 is 1.44 bits per heavy atom. The second-order valence-corrected chi connectivity index (χ2v) is 5.28. The van der Waals surface area contributed by atoms with Crippen molar-refractivity contribution in [3.63, 3.8) is 0 Å². The van der Waals surface area contributed by atoms with E-state index in [0.717, 1.165) is 25.8 Å². The molecule has 0 radical (unpaired) electrons. The molecule has 2 atom stereocenters. The number of nitrogens with one attached hydrogen (secondary N) is 1. The molecule has 1 aliphatic heterocycles. The van der Waals surface area contributed by atoms with E-state index in [4.69, 9.17) is 5.11 Å². The van der Waals surface area contributed by atoms with Crippen LogP contribution in [-0.2, 0) is 4.79 Å². The van der Waals surface area contributed by atoms with Gasteiger partial charge in [-0.25, -0.2) is 4.79 Å². The van der Waals surface area contributed by atoms with Crippen molar-refractivity contribution in [1.82, 2.24) is 10.2 Å². The van der Waals surface area contributed by atoms with Crippen molar-refractivity contribution in [2.45, 2.75) is 52.5 Å². The Morgan fingerprint density at radius 2 is 2.11 bits per heavy atom. The molecule has 1 saturated heterocycles. The summed E-state index contributed by atoms with van der Waals surface area (Å²) in [5, 5.41) is 11.9. The standard InChI is InChI=1S/C13H24N2O3/c1-4-10-7-6-8-15(10)12(18)14-9-13(3,5-2)11(16)17/h10H,4-9H2,1-3H3,(H,14,18)(H,16,17). The molecule has 0 saturated carbocycles. The maximum absolute atomic E-state index is 12.0. The summed E-state index contributed by atoms with van der Waals surface area (Å²) >= 11 is 0. The van der Waals surface area contributed by atoms with Gasteiger partial charge in [-0.15, -0.1) is 0 Å². The number of aliphatic carboxylic acids is 1. The number of carboxylic acids is 1. The summed E-state index contributed by atoms with van der Waals surface area (Å²) in [6, 6.07) is 0.183. The van der Waals surface area contributed by atoms with Crippen LogP contribution in [0.25, 0.3) is 0 Å². The number of hydrogen-bond acceptors (Lipinski definition) is 2. The van der Waals surface area contributed by atoms with Gasteiger partial charge in [-0.2, -0.15) is 0 Å². The van der Waals surface area contributed by atoms with E-state index in [1.807, 2.05) is 11.8 Å². The van der Waals surface area contributed by atoms with Gasteiger partial charge >= 0.3 is 12.0 Å². The number of amides is 2. The Labute approximate surface area is 109 Å². The number of rotatable bonds is 5. The van der Waals surface area contributed by atoms with Gasteiger partial charge in [0.15, 0.2) is 0 Å². The van der Waals surface area contributed by atoms with Gasteiger partial charge in [0.05, 0.1) is 5.41 Å². The number of urea groups is 1. The summed E-state index contributed by atoms with van der Waals surface area (Å²) in [5.41, 5.74) is -0.878. The van der Waals surface area contributed by atoms with Crippen LogP contribution in [0.2, 0.25) is 0 Å². The molecule has 5 nitrogen and oxygen atoms in total. The van der Waals surface area contributed by atoms with Gasteiger partial charge in [-0.05, 0) is 32.6 Å². The Kier molecular flexibility index (Phi) is 4.99. The van der Waals surface area contributed by atoms with E-state index in [1.54, 1.807) is 6.92 Å². The van der Waals surface area contributed by atoms with E-state index in [2.05, 4.69) is 12.2 Å². The Bertz CT molecular complexity index is 319. The second kappa shape index (κ2) is 6.07. The van der Waals surface area contributed by atoms with Crippen molar-refractivity contribution in [1.29, 1.82) is 0 Å². The van der Waals surface area contributed by atoms with E-state index in [-0.39, 0.29) is 12.6 Å². The smallest absolute Gasteiger partial charge is 0.317 e. The summed E-state index contributed by atoms with van der Waals surface area (Å²) < 4.78 is 0. The van der Waals surface area contributed by atoms with Gasteiger partial charge in [0, 0.05) is 19.1 Å². The summed E-state index contributed by atoms with van der Waals surface area (Å²) in [7, 11) is 0. The van der Waals surface area contributed by atoms with Crippen molar-refractivity contribution in [2.24, 2.45) is 5.41 Å². The van der Waals surface area contributed by atoms with Crippen LogP contribution in [0, 0.1) is 5.41 Å². The van der Waals surface area contributed by atoms with Gasteiger partial charge < -0.3 is 15.3 Å². The monoisotopic (exact) mass is 256 g/mol. The zero-order valence-corrected chi connectivity index (χ0v) is 11.5. The fourth-order valence-electron chi connectivity index (χ4n) is 2.25. The highest BCUT2D eigenvalue weighted by Gasteiger charge is 2.33. The third-order valence-electron chi connectivity index (χ3n) is 4.04. The lowest BCUT2D eigenvalue weighted by atomic mass is 9.88. The normalized spacial score (nSPS) is 22.6. The van der Waals surface area contributed by atoms with Crippen LogP contribution in [0.4, 0.5) is 4.79 Å². The summed E-state index contributed by atoms with van der Waals surface area (Å²) in [5.74, 6) is -0.862. The summed E-state index contributed by atoms with van der Waals surface area (Å²) in [6.45, 7) is 6.52. The SMILES string of the molecule is CCC1CCCN1C(=O)NCC(C)(CC)C(=O)O. The van der Waals surface area contributed by atoms with Gasteiger partial charge in [0.2, 0.25) is 0 Å². The fourth-order valence-corrected chi connectivity index (χ4v) is 2.25. The number of likely N-dealkylation sites (tertiary alicyclic amines) is 1. The molecule has 18 heavy (non-hydrogen) atoms. The first-order chi connectivity index (χ1) is 8.44. The number of carbonyl (C=O) groups excluding carboxylic acids is 1. The molecule has 1 aliphatic rings. The quantitative estimate of drug-likeness (QED) is 0.791. The van der Waals surface area contributed by atoms with E-state index < -0.39 is 11.4 Å². The number of carboxylic acid groups (broad SMARTS) is 1. The molecule has 1 fully saturated rings. The van der Waals surface area contributed by atoms with Crippen LogP contribution >= 0.6 is 0 Å². The first-order valence-electron chi connectivity index (χ1n) is 6.72. The maximum atomic E-state index is 12.0. The average molecular weight is 256 g/mol. The highest BCUT2D eigenvalue weighted by molar-refractivity contribution is 5.78. The topological polar surface area (TPSA) is 69.6 Å². The third-order valence-corrected chi connectivity index (χ3v) is 4.04. The summed E-state index contributed by atoms with van der Waals surface area (Å²) in [4.78, 5) is 25.0. The molecule has 0 bridgehead atoms. The molecule has 0 aromatic carbocycles. The van der Waals surface area contributed by atoms with Gasteiger partial charge in [0.1, 0.15) is 0 Å². The van der Waals surface area contributed by atoms with Gasteiger partial charge in [-0.1, -0.05) is 13.8 Å². The molecule has 0 aromatic heterocycles. The maximum Gasteiger partial charge on any atom is 0.317 e. The number of carbonyl (C=O) groups is 2. The zero-order valence-electron chi connectivity index (χ0n) is 11.5. The van der Waals surface area contributed by atoms with Crippen LogP contribution in [0.1, 0.15) is 46.5 Å². The minimum atomic E-state index is -0.878. The Morgan fingerprint density at radius 3 is 2.61 bits per heavy atom. The lowest BCUT2D eigenvalue weighted by Gasteiger charge is -2.28. The zero-order chi connectivity index (χ0) is 13.8. The van der Waals surface area contributed by atoms with E-state index in [9.17, 15) is 9.59 Å². The minimum absolute atomic E-state index is 0.125. The number of nitrogens with zero attached hydrogens (tertiary/aromatic N) is 1. The molecule has 2 unspecified atom stereocenters. The molecule has 5 heteroatoms. The van der Waals surface area contributed by atoms with Crippen LogP contribution < -0.4 is 5.32 Å². The lowest BCUT2D eigenvalue weighted by molar-refractivity contribution is -0.147. The molecular weight excluding hydrogens is 232 g/mol. The lowest BCUT2D eigenvalue weighted by Crippen LogP contribution is -2.47. The molecule has 104 valence electrons. The van der Waals surface area contributed by atoms with E-state index in [1.165, 1.54) is 0 Å². The number of hydrogen-bond donors (Lipinski definition) is 2. The highest BCUT2D eigenvalue weighted by atomic mass is 16.4. The van der Waals surface area contributed by atoms with Crippen LogP contribution in [-0.4, -0.2) is 41.1 Å². The van der Waals surface area contributed by atoms with E-state index >= 15 is 0 Å². The third kappa shape index (κ3) is 3.15. The molecular formula is C13H24N2O3. The molecule has 1 rings (SSSR count). The molecule has 0 aliphatic carbocycles. The largest absolute Gasteiger partial charge is 0.481 e. The molecule has 1 heterocycles. The molecule has 0 spiro atoms. The summed E-state index contributed by atoms with van der Waals surface area (Å²) in [6.07, 6.45) is 3.54. The average Bonchev–Trinajstić information content (AvgIpc) is 2.83. The van der Waals surface area contributed by atoms with Crippen LogP contribution in [0.5, 0.6) is 0 Å². The Balaban J connectivity index is 2.53. The van der Waals surface area contributed by atoms with Crippen molar-refractivity contribution < 1.29 is 14.7 Å². The van der Waals surface area contributed by atoms with Crippen molar-refractivity contribution in [2.75, 3.05) is 13.1 Å². The predicted molar refractivity (Wildman–Crippen MR) is 69.5 cm³/mol. The fraction of sp³-hybridized carbons (Fsp3) is 0.846. The predicted octanol–water partition coefficient (Wildman–Crippen LogP) is 2.07. The highest BCUT2D eigenvalue weighted by Crippen LogP contribution is 2.22. The molecule has 0 aromatic rings. The first kappa shape index (κ1) is 14.8. The molecule has 2 amide bonds. The first-order valence-corrected chi connectivity index (χ1v) is 6.72. The van der Waals surface area contributed by atoms with Gasteiger partial charge in [0.25, 0.3) is 0 Å². The van der Waals surface area contributed by atoms with Gasteiger partial charge in [-0.3, -0.25) is 4.79 Å². The van der Waals surface area contributed by atoms with Crippen molar-refractivity contribution in [3.8, 4) is 0 Å².